The maximum atomic E-state index is 12.3. The Balaban J connectivity index is 2.10. The van der Waals surface area contributed by atoms with Gasteiger partial charge in [-0.2, -0.15) is 0 Å². The minimum atomic E-state index is 0.197. The van der Waals surface area contributed by atoms with Crippen LogP contribution in [0.2, 0.25) is 0 Å². The van der Waals surface area contributed by atoms with E-state index in [-0.39, 0.29) is 11.7 Å². The fraction of sp³-hybridized carbons (Fsp3) is 0.533. The Labute approximate surface area is 103 Å². The van der Waals surface area contributed by atoms with E-state index in [9.17, 15) is 4.79 Å². The summed E-state index contributed by atoms with van der Waals surface area (Å²) in [5, 5.41) is 0. The summed E-state index contributed by atoms with van der Waals surface area (Å²) in [6.45, 7) is 4.54. The summed E-state index contributed by atoms with van der Waals surface area (Å²) in [4.78, 5) is 12.3. The lowest BCUT2D eigenvalue weighted by Gasteiger charge is -2.31. The van der Waals surface area contributed by atoms with E-state index in [1.807, 2.05) is 18.2 Å². The van der Waals surface area contributed by atoms with Crippen LogP contribution in [-0.4, -0.2) is 5.78 Å². The lowest BCUT2D eigenvalue weighted by Crippen LogP contribution is -2.26. The summed E-state index contributed by atoms with van der Waals surface area (Å²) < 4.78 is 0. The molecule has 1 aromatic rings. The van der Waals surface area contributed by atoms with Crippen LogP contribution in [0.4, 0.5) is 5.69 Å². The van der Waals surface area contributed by atoms with Crippen molar-refractivity contribution in [2.24, 2.45) is 17.8 Å². The highest BCUT2D eigenvalue weighted by molar-refractivity contribution is 5.98. The molecule has 1 fully saturated rings. The molecule has 1 aromatic carbocycles. The Morgan fingerprint density at radius 2 is 2.00 bits per heavy atom. The molecule has 1 aliphatic carbocycles. The predicted octanol–water partition coefficient (Wildman–Crippen LogP) is 3.52. The Bertz CT molecular complexity index is 413. The van der Waals surface area contributed by atoms with Gasteiger partial charge in [-0.3, -0.25) is 4.79 Å². The van der Waals surface area contributed by atoms with Crippen molar-refractivity contribution >= 4 is 11.5 Å². The van der Waals surface area contributed by atoms with Crippen LogP contribution in [0.15, 0.2) is 24.3 Å². The average molecular weight is 231 g/mol. The van der Waals surface area contributed by atoms with Gasteiger partial charge in [0.25, 0.3) is 0 Å². The van der Waals surface area contributed by atoms with Crippen molar-refractivity contribution in [3.05, 3.63) is 29.8 Å². The Hall–Kier alpha value is -1.31. The number of Topliss-reactive ketones (excluding diaryl/α,β-unsaturated/α-hetero) is 1. The zero-order valence-electron chi connectivity index (χ0n) is 10.6. The zero-order valence-corrected chi connectivity index (χ0v) is 10.6. The van der Waals surface area contributed by atoms with Gasteiger partial charge in [0.2, 0.25) is 0 Å². The van der Waals surface area contributed by atoms with Crippen LogP contribution in [0.3, 0.4) is 0 Å². The van der Waals surface area contributed by atoms with Gasteiger partial charge < -0.3 is 5.73 Å². The summed E-state index contributed by atoms with van der Waals surface area (Å²) in [7, 11) is 0. The molecule has 0 aromatic heterocycles. The van der Waals surface area contributed by atoms with E-state index >= 15 is 0 Å². The van der Waals surface area contributed by atoms with Crippen LogP contribution in [0.1, 0.15) is 43.5 Å². The molecule has 0 aliphatic heterocycles. The summed E-state index contributed by atoms with van der Waals surface area (Å²) >= 11 is 0. The number of benzene rings is 1. The molecule has 3 atom stereocenters. The molecule has 2 heteroatoms. The van der Waals surface area contributed by atoms with E-state index in [0.29, 0.717) is 11.6 Å². The van der Waals surface area contributed by atoms with Gasteiger partial charge in [0.1, 0.15) is 0 Å². The van der Waals surface area contributed by atoms with E-state index in [1.165, 1.54) is 6.42 Å². The smallest absolute Gasteiger partial charge is 0.166 e. The second kappa shape index (κ2) is 4.91. The van der Waals surface area contributed by atoms with E-state index in [0.717, 1.165) is 24.3 Å². The molecule has 0 radical (unpaired) electrons. The molecule has 0 heterocycles. The standard InChI is InChI=1S/C15H21NO/c1-10-6-7-13(8-11(10)2)15(17)12-4-3-5-14(16)9-12/h3-5,9-11,13H,6-8,16H2,1-2H3. The lowest BCUT2D eigenvalue weighted by atomic mass is 9.73. The maximum absolute atomic E-state index is 12.3. The van der Waals surface area contributed by atoms with Crippen LogP contribution in [0.25, 0.3) is 0 Å². The molecular formula is C15H21NO. The van der Waals surface area contributed by atoms with Crippen molar-refractivity contribution in [1.82, 2.24) is 0 Å². The van der Waals surface area contributed by atoms with E-state index in [4.69, 9.17) is 5.73 Å². The zero-order chi connectivity index (χ0) is 12.4. The quantitative estimate of drug-likeness (QED) is 0.625. The van der Waals surface area contributed by atoms with Gasteiger partial charge in [0.15, 0.2) is 5.78 Å². The number of nitrogens with two attached hydrogens (primary N) is 1. The highest BCUT2D eigenvalue weighted by Gasteiger charge is 2.29. The van der Waals surface area contributed by atoms with Crippen molar-refractivity contribution in [3.8, 4) is 0 Å². The van der Waals surface area contributed by atoms with Crippen molar-refractivity contribution < 1.29 is 4.79 Å². The molecule has 92 valence electrons. The lowest BCUT2D eigenvalue weighted by molar-refractivity contribution is 0.0837. The van der Waals surface area contributed by atoms with Crippen LogP contribution in [0, 0.1) is 17.8 Å². The maximum Gasteiger partial charge on any atom is 0.166 e. The van der Waals surface area contributed by atoms with Gasteiger partial charge in [0.05, 0.1) is 0 Å². The monoisotopic (exact) mass is 231 g/mol. The van der Waals surface area contributed by atoms with E-state index in [2.05, 4.69) is 13.8 Å². The van der Waals surface area contributed by atoms with Gasteiger partial charge in [-0.25, -0.2) is 0 Å². The van der Waals surface area contributed by atoms with Crippen LogP contribution >= 0.6 is 0 Å². The van der Waals surface area contributed by atoms with Crippen molar-refractivity contribution in [2.45, 2.75) is 33.1 Å². The largest absolute Gasteiger partial charge is 0.399 e. The topological polar surface area (TPSA) is 43.1 Å². The van der Waals surface area contributed by atoms with Crippen molar-refractivity contribution in [2.75, 3.05) is 5.73 Å². The average Bonchev–Trinajstić information content (AvgIpc) is 2.32. The molecule has 0 amide bonds. The molecule has 2 rings (SSSR count). The second-order valence-electron chi connectivity index (χ2n) is 5.45. The third-order valence-corrected chi connectivity index (χ3v) is 4.14. The van der Waals surface area contributed by atoms with Gasteiger partial charge >= 0.3 is 0 Å². The van der Waals surface area contributed by atoms with Crippen LogP contribution < -0.4 is 5.73 Å². The minimum absolute atomic E-state index is 0.197. The van der Waals surface area contributed by atoms with Crippen molar-refractivity contribution in [3.63, 3.8) is 0 Å². The molecule has 2 nitrogen and oxygen atoms in total. The normalized spacial score (nSPS) is 28.9. The first kappa shape index (κ1) is 12.2. The first-order valence-electron chi connectivity index (χ1n) is 6.47. The summed E-state index contributed by atoms with van der Waals surface area (Å²) in [5.74, 6) is 1.87. The Morgan fingerprint density at radius 3 is 2.65 bits per heavy atom. The van der Waals surface area contributed by atoms with Crippen LogP contribution in [0.5, 0.6) is 0 Å². The number of anilines is 1. The number of hydrogen-bond acceptors (Lipinski definition) is 2. The van der Waals surface area contributed by atoms with Crippen molar-refractivity contribution in [1.29, 1.82) is 0 Å². The van der Waals surface area contributed by atoms with E-state index in [1.54, 1.807) is 6.07 Å². The van der Waals surface area contributed by atoms with Gasteiger partial charge in [0, 0.05) is 17.2 Å². The Morgan fingerprint density at radius 1 is 1.24 bits per heavy atom. The fourth-order valence-corrected chi connectivity index (χ4v) is 2.71. The number of ketones is 1. The summed E-state index contributed by atoms with van der Waals surface area (Å²) in [6.07, 6.45) is 3.22. The van der Waals surface area contributed by atoms with Crippen LogP contribution in [-0.2, 0) is 0 Å². The summed E-state index contributed by atoms with van der Waals surface area (Å²) in [5.41, 5.74) is 7.17. The third kappa shape index (κ3) is 2.68. The number of rotatable bonds is 2. The number of nitrogen functional groups attached to an aromatic ring is 1. The Kier molecular flexibility index (Phi) is 3.51. The van der Waals surface area contributed by atoms with Gasteiger partial charge in [-0.15, -0.1) is 0 Å². The first-order valence-corrected chi connectivity index (χ1v) is 6.47. The molecule has 1 aliphatic rings. The highest BCUT2D eigenvalue weighted by atomic mass is 16.1. The van der Waals surface area contributed by atoms with Gasteiger partial charge in [-0.1, -0.05) is 26.0 Å². The highest BCUT2D eigenvalue weighted by Crippen LogP contribution is 2.35. The fourth-order valence-electron chi connectivity index (χ4n) is 2.71. The minimum Gasteiger partial charge on any atom is -0.399 e. The molecule has 1 saturated carbocycles. The SMILES string of the molecule is CC1CCC(C(=O)c2cccc(N)c2)CC1C. The molecule has 0 bridgehead atoms. The first-order chi connectivity index (χ1) is 8.08. The summed E-state index contributed by atoms with van der Waals surface area (Å²) in [6, 6.07) is 7.35. The molecular weight excluding hydrogens is 210 g/mol. The third-order valence-electron chi connectivity index (χ3n) is 4.14. The second-order valence-corrected chi connectivity index (χ2v) is 5.45. The number of carbonyl (C=O) groups is 1. The number of hydrogen-bond donors (Lipinski definition) is 1. The molecule has 0 saturated heterocycles. The van der Waals surface area contributed by atoms with E-state index < -0.39 is 0 Å². The predicted molar refractivity (Wildman–Crippen MR) is 70.9 cm³/mol. The molecule has 3 unspecified atom stereocenters. The molecule has 17 heavy (non-hydrogen) atoms. The molecule has 2 N–H and O–H groups in total. The number of carbonyl (C=O) groups excluding carboxylic acids is 1. The van der Waals surface area contributed by atoms with Gasteiger partial charge in [-0.05, 0) is 43.2 Å². The molecule has 0 spiro atoms.